The Bertz CT molecular complexity index is 407. The maximum Gasteiger partial charge on any atom is 0.307 e. The minimum atomic E-state index is -0.910. The lowest BCUT2D eigenvalue weighted by Gasteiger charge is -2.42. The standard InChI is InChI=1S/C13H20N2O4/c1-7(2)10-11(16)14-5-6-15(10)12(17)8-3-4-9(8)13(18)19/h7-10H,3-6H2,1-2H3,(H,14,16)(H,18,19). The van der Waals surface area contributed by atoms with Gasteiger partial charge in [-0.25, -0.2) is 0 Å². The van der Waals surface area contributed by atoms with Gasteiger partial charge in [-0.15, -0.1) is 0 Å². The monoisotopic (exact) mass is 268 g/mol. The minimum Gasteiger partial charge on any atom is -0.481 e. The molecule has 0 radical (unpaired) electrons. The van der Waals surface area contributed by atoms with Crippen LogP contribution in [0.5, 0.6) is 0 Å². The molecule has 0 aromatic rings. The lowest BCUT2D eigenvalue weighted by molar-refractivity contribution is -0.160. The first-order valence-electron chi connectivity index (χ1n) is 6.74. The number of carbonyl (C=O) groups excluding carboxylic acids is 2. The maximum atomic E-state index is 12.4. The highest BCUT2D eigenvalue weighted by molar-refractivity contribution is 5.92. The predicted molar refractivity (Wildman–Crippen MR) is 67.2 cm³/mol. The zero-order valence-electron chi connectivity index (χ0n) is 11.3. The molecule has 6 heteroatoms. The summed E-state index contributed by atoms with van der Waals surface area (Å²) in [5.41, 5.74) is 0. The van der Waals surface area contributed by atoms with Crippen molar-refractivity contribution in [1.82, 2.24) is 10.2 Å². The first kappa shape index (κ1) is 13.8. The summed E-state index contributed by atoms with van der Waals surface area (Å²) in [5, 5.41) is 11.8. The van der Waals surface area contributed by atoms with E-state index in [1.165, 1.54) is 0 Å². The molecular weight excluding hydrogens is 248 g/mol. The van der Waals surface area contributed by atoms with E-state index in [0.717, 1.165) is 0 Å². The van der Waals surface area contributed by atoms with Gasteiger partial charge in [-0.2, -0.15) is 0 Å². The molecule has 0 aromatic heterocycles. The largest absolute Gasteiger partial charge is 0.481 e. The van der Waals surface area contributed by atoms with Gasteiger partial charge in [0.1, 0.15) is 6.04 Å². The smallest absolute Gasteiger partial charge is 0.307 e. The number of nitrogens with zero attached hydrogens (tertiary/aromatic N) is 1. The van der Waals surface area contributed by atoms with Crippen LogP contribution in [0.25, 0.3) is 0 Å². The Morgan fingerprint density at radius 2 is 1.95 bits per heavy atom. The second-order valence-electron chi connectivity index (χ2n) is 5.64. The summed E-state index contributed by atoms with van der Waals surface area (Å²) in [6.45, 7) is 4.70. The van der Waals surface area contributed by atoms with E-state index in [2.05, 4.69) is 5.32 Å². The van der Waals surface area contributed by atoms with Gasteiger partial charge in [-0.05, 0) is 18.8 Å². The van der Waals surface area contributed by atoms with Gasteiger partial charge in [-0.3, -0.25) is 14.4 Å². The van der Waals surface area contributed by atoms with E-state index < -0.39 is 23.8 Å². The van der Waals surface area contributed by atoms with Crippen molar-refractivity contribution in [2.45, 2.75) is 32.7 Å². The minimum absolute atomic E-state index is 0.0209. The molecule has 1 heterocycles. The van der Waals surface area contributed by atoms with Gasteiger partial charge in [-0.1, -0.05) is 13.8 Å². The van der Waals surface area contributed by atoms with Gasteiger partial charge in [0.05, 0.1) is 11.8 Å². The van der Waals surface area contributed by atoms with Crippen molar-refractivity contribution in [1.29, 1.82) is 0 Å². The molecule has 1 aliphatic carbocycles. The molecular formula is C13H20N2O4. The fraction of sp³-hybridized carbons (Fsp3) is 0.769. The topological polar surface area (TPSA) is 86.7 Å². The van der Waals surface area contributed by atoms with Crippen molar-refractivity contribution in [3.05, 3.63) is 0 Å². The Kier molecular flexibility index (Phi) is 3.78. The number of nitrogens with one attached hydrogen (secondary N) is 1. The highest BCUT2D eigenvalue weighted by atomic mass is 16.4. The molecule has 2 amide bonds. The van der Waals surface area contributed by atoms with E-state index in [4.69, 9.17) is 5.11 Å². The highest BCUT2D eigenvalue weighted by Crippen LogP contribution is 2.36. The summed E-state index contributed by atoms with van der Waals surface area (Å²) in [7, 11) is 0. The van der Waals surface area contributed by atoms with Crippen LogP contribution in [0.15, 0.2) is 0 Å². The summed E-state index contributed by atoms with van der Waals surface area (Å²) in [4.78, 5) is 36.9. The molecule has 2 fully saturated rings. The SMILES string of the molecule is CC(C)C1C(=O)NCCN1C(=O)C1CCC1C(=O)O. The van der Waals surface area contributed by atoms with E-state index in [-0.39, 0.29) is 17.7 Å². The number of hydrogen-bond acceptors (Lipinski definition) is 3. The van der Waals surface area contributed by atoms with Gasteiger partial charge in [0.2, 0.25) is 11.8 Å². The number of amides is 2. The predicted octanol–water partition coefficient (Wildman–Crippen LogP) is 0.0802. The zero-order valence-corrected chi connectivity index (χ0v) is 11.3. The van der Waals surface area contributed by atoms with Crippen LogP contribution in [0.4, 0.5) is 0 Å². The number of piperazine rings is 1. The molecule has 6 nitrogen and oxygen atoms in total. The lowest BCUT2D eigenvalue weighted by atomic mass is 9.72. The molecule has 2 N–H and O–H groups in total. The molecule has 3 unspecified atom stereocenters. The van der Waals surface area contributed by atoms with Crippen LogP contribution in [0.2, 0.25) is 0 Å². The van der Waals surface area contributed by atoms with E-state index >= 15 is 0 Å². The van der Waals surface area contributed by atoms with E-state index in [9.17, 15) is 14.4 Å². The van der Waals surface area contributed by atoms with Crippen LogP contribution in [0.3, 0.4) is 0 Å². The van der Waals surface area contributed by atoms with E-state index in [1.807, 2.05) is 13.8 Å². The van der Waals surface area contributed by atoms with Gasteiger partial charge < -0.3 is 15.3 Å². The second-order valence-corrected chi connectivity index (χ2v) is 5.64. The molecule has 19 heavy (non-hydrogen) atoms. The number of carbonyl (C=O) groups is 3. The fourth-order valence-electron chi connectivity index (χ4n) is 2.90. The van der Waals surface area contributed by atoms with Gasteiger partial charge in [0, 0.05) is 13.1 Å². The van der Waals surface area contributed by atoms with Crippen LogP contribution in [-0.2, 0) is 14.4 Å². The summed E-state index contributed by atoms with van der Waals surface area (Å²) in [6.07, 6.45) is 1.16. The molecule has 0 spiro atoms. The van der Waals surface area contributed by atoms with Crippen molar-refractivity contribution in [2.24, 2.45) is 17.8 Å². The van der Waals surface area contributed by atoms with Crippen molar-refractivity contribution in [3.63, 3.8) is 0 Å². The maximum absolute atomic E-state index is 12.4. The average Bonchev–Trinajstić information content (AvgIpc) is 2.25. The van der Waals surface area contributed by atoms with Gasteiger partial charge in [0.25, 0.3) is 0 Å². The fourth-order valence-corrected chi connectivity index (χ4v) is 2.90. The Morgan fingerprint density at radius 1 is 1.32 bits per heavy atom. The van der Waals surface area contributed by atoms with Crippen molar-refractivity contribution in [3.8, 4) is 0 Å². The van der Waals surface area contributed by atoms with Crippen LogP contribution in [-0.4, -0.2) is 46.9 Å². The molecule has 1 aliphatic heterocycles. The Morgan fingerprint density at radius 3 is 2.42 bits per heavy atom. The molecule has 3 atom stereocenters. The summed E-state index contributed by atoms with van der Waals surface area (Å²) in [5.74, 6) is -2.23. The third-order valence-corrected chi connectivity index (χ3v) is 4.08. The van der Waals surface area contributed by atoms with Gasteiger partial charge >= 0.3 is 5.97 Å². The number of hydrogen-bond donors (Lipinski definition) is 2. The lowest BCUT2D eigenvalue weighted by Crippen LogP contribution is -2.61. The second kappa shape index (κ2) is 5.19. The van der Waals surface area contributed by atoms with Crippen LogP contribution in [0, 0.1) is 17.8 Å². The number of rotatable bonds is 3. The Balaban J connectivity index is 2.12. The number of aliphatic carboxylic acids is 1. The molecule has 2 aliphatic rings. The van der Waals surface area contributed by atoms with E-state index in [0.29, 0.717) is 25.9 Å². The summed E-state index contributed by atoms with van der Waals surface area (Å²) < 4.78 is 0. The molecule has 0 aromatic carbocycles. The highest BCUT2D eigenvalue weighted by Gasteiger charge is 2.46. The summed E-state index contributed by atoms with van der Waals surface area (Å²) in [6, 6.07) is -0.476. The molecule has 0 bridgehead atoms. The third kappa shape index (κ3) is 2.43. The molecule has 106 valence electrons. The third-order valence-electron chi connectivity index (χ3n) is 4.08. The molecule has 1 saturated carbocycles. The van der Waals surface area contributed by atoms with Crippen molar-refractivity contribution < 1.29 is 19.5 Å². The van der Waals surface area contributed by atoms with Crippen molar-refractivity contribution in [2.75, 3.05) is 13.1 Å². The van der Waals surface area contributed by atoms with Gasteiger partial charge in [0.15, 0.2) is 0 Å². The first-order chi connectivity index (χ1) is 8.93. The zero-order chi connectivity index (χ0) is 14.2. The Hall–Kier alpha value is -1.59. The first-order valence-corrected chi connectivity index (χ1v) is 6.74. The quantitative estimate of drug-likeness (QED) is 0.759. The van der Waals surface area contributed by atoms with Crippen LogP contribution in [0.1, 0.15) is 26.7 Å². The molecule has 2 rings (SSSR count). The van der Waals surface area contributed by atoms with Crippen LogP contribution >= 0.6 is 0 Å². The number of carboxylic acid groups (broad SMARTS) is 1. The average molecular weight is 268 g/mol. The van der Waals surface area contributed by atoms with Crippen molar-refractivity contribution >= 4 is 17.8 Å². The normalized spacial score (nSPS) is 30.8. The summed E-state index contributed by atoms with van der Waals surface area (Å²) >= 11 is 0. The van der Waals surface area contributed by atoms with E-state index in [1.54, 1.807) is 4.90 Å². The number of carboxylic acids is 1. The molecule has 1 saturated heterocycles. The Labute approximate surface area is 112 Å². The van der Waals surface area contributed by atoms with Crippen LogP contribution < -0.4 is 5.32 Å².